The number of fused-ring (bicyclic) bond motifs is 2. The molecule has 1 saturated heterocycles. The molecule has 4 aromatic heterocycles. The number of rotatable bonds is 5. The van der Waals surface area contributed by atoms with Crippen molar-refractivity contribution in [2.75, 3.05) is 30.8 Å². The number of imidazole rings is 1. The number of anilines is 1. The number of thiazole rings is 1. The van der Waals surface area contributed by atoms with Gasteiger partial charge in [0.2, 0.25) is 5.91 Å². The summed E-state index contributed by atoms with van der Waals surface area (Å²) >= 11 is 1.53. The number of piperazine rings is 1. The van der Waals surface area contributed by atoms with E-state index in [-0.39, 0.29) is 23.4 Å². The Labute approximate surface area is 217 Å². The van der Waals surface area contributed by atoms with Gasteiger partial charge in [0.1, 0.15) is 22.9 Å². The number of nitrogens with zero attached hydrogens (tertiary/aromatic N) is 6. The highest BCUT2D eigenvalue weighted by molar-refractivity contribution is 7.90. The number of sulfone groups is 1. The standard InChI is InChI=1S/C25H25N7O3S2/c1-16-13-31(10-11-32(16)21(33)14-30-9-7-17-4-3-8-26-24(17)30)25-22(27-15-36-25)23-28-19-6-5-18(37(2,34)35)12-20(19)29-23/h3-9,12,15-16H,10-11,13-14H2,1-2H3,(H,28,29). The lowest BCUT2D eigenvalue weighted by atomic mass is 10.2. The van der Waals surface area contributed by atoms with Crippen molar-refractivity contribution in [3.05, 3.63) is 54.3 Å². The van der Waals surface area contributed by atoms with Crippen LogP contribution in [0, 0.1) is 0 Å². The number of aromatic nitrogens is 5. The average Bonchev–Trinajstić information content (AvgIpc) is 3.61. The van der Waals surface area contributed by atoms with Gasteiger partial charge >= 0.3 is 0 Å². The van der Waals surface area contributed by atoms with Crippen molar-refractivity contribution < 1.29 is 13.2 Å². The van der Waals surface area contributed by atoms with E-state index in [1.165, 1.54) is 17.6 Å². The van der Waals surface area contributed by atoms with Crippen LogP contribution in [0.5, 0.6) is 0 Å². The van der Waals surface area contributed by atoms with E-state index < -0.39 is 9.84 Å². The molecule has 1 aliphatic rings. The van der Waals surface area contributed by atoms with Crippen molar-refractivity contribution in [2.45, 2.75) is 24.4 Å². The number of carbonyl (C=O) groups excluding carboxylic acids is 1. The molecular weight excluding hydrogens is 510 g/mol. The van der Waals surface area contributed by atoms with Crippen LogP contribution in [0.2, 0.25) is 0 Å². The lowest BCUT2D eigenvalue weighted by Gasteiger charge is -2.40. The van der Waals surface area contributed by atoms with Crippen LogP contribution in [0.4, 0.5) is 5.00 Å². The number of aromatic amines is 1. The molecule has 37 heavy (non-hydrogen) atoms. The molecule has 0 bridgehead atoms. The number of H-pyrrole nitrogens is 1. The van der Waals surface area contributed by atoms with E-state index in [4.69, 9.17) is 0 Å². The van der Waals surface area contributed by atoms with E-state index in [2.05, 4.69) is 31.8 Å². The van der Waals surface area contributed by atoms with E-state index in [0.29, 0.717) is 31.0 Å². The number of amides is 1. The second-order valence-electron chi connectivity index (χ2n) is 9.28. The summed E-state index contributed by atoms with van der Waals surface area (Å²) in [6, 6.07) is 10.7. The first-order chi connectivity index (χ1) is 17.8. The summed E-state index contributed by atoms with van der Waals surface area (Å²) in [5, 5.41) is 1.99. The Balaban J connectivity index is 1.19. The van der Waals surface area contributed by atoms with Crippen molar-refractivity contribution in [2.24, 2.45) is 0 Å². The number of pyridine rings is 1. The third kappa shape index (κ3) is 4.36. The molecule has 1 aromatic carbocycles. The van der Waals surface area contributed by atoms with Crippen LogP contribution in [-0.2, 0) is 21.2 Å². The van der Waals surface area contributed by atoms with Gasteiger partial charge in [0.15, 0.2) is 15.7 Å². The first-order valence-electron chi connectivity index (χ1n) is 11.9. The molecule has 12 heteroatoms. The molecule has 1 unspecified atom stereocenters. The quantitative estimate of drug-likeness (QED) is 0.367. The molecule has 0 spiro atoms. The minimum absolute atomic E-state index is 0.0129. The lowest BCUT2D eigenvalue weighted by Crippen LogP contribution is -2.54. The number of nitrogens with one attached hydrogen (secondary N) is 1. The fraction of sp³-hybridized carbons (Fsp3) is 0.280. The third-order valence-corrected chi connectivity index (χ3v) is 8.72. The molecule has 5 heterocycles. The number of hydrogen-bond donors (Lipinski definition) is 1. The molecule has 5 aromatic rings. The van der Waals surface area contributed by atoms with E-state index in [1.54, 1.807) is 29.9 Å². The molecule has 190 valence electrons. The molecule has 10 nitrogen and oxygen atoms in total. The van der Waals surface area contributed by atoms with Gasteiger partial charge in [-0.15, -0.1) is 11.3 Å². The lowest BCUT2D eigenvalue weighted by molar-refractivity contribution is -0.134. The Bertz CT molecular complexity index is 1740. The maximum Gasteiger partial charge on any atom is 0.242 e. The Morgan fingerprint density at radius 1 is 1.19 bits per heavy atom. The SMILES string of the molecule is CC1CN(c2scnc2-c2nc3cc(S(C)(=O)=O)ccc3[nH]2)CCN1C(=O)Cn1ccc2cccnc21. The zero-order valence-corrected chi connectivity index (χ0v) is 22.0. The molecule has 1 amide bonds. The van der Waals surface area contributed by atoms with Gasteiger partial charge in [-0.2, -0.15) is 0 Å². The number of carbonyl (C=O) groups is 1. The van der Waals surface area contributed by atoms with Crippen molar-refractivity contribution in [1.82, 2.24) is 29.4 Å². The second kappa shape index (κ2) is 8.96. The van der Waals surface area contributed by atoms with Crippen LogP contribution in [-0.4, -0.2) is 75.7 Å². The predicted octanol–water partition coefficient (Wildman–Crippen LogP) is 3.18. The van der Waals surface area contributed by atoms with Gasteiger partial charge in [-0.05, 0) is 43.3 Å². The van der Waals surface area contributed by atoms with E-state index in [9.17, 15) is 13.2 Å². The Morgan fingerprint density at radius 2 is 2.05 bits per heavy atom. The fourth-order valence-electron chi connectivity index (χ4n) is 4.85. The number of benzene rings is 1. The second-order valence-corrected chi connectivity index (χ2v) is 12.1. The van der Waals surface area contributed by atoms with Crippen molar-refractivity contribution in [3.63, 3.8) is 0 Å². The summed E-state index contributed by atoms with van der Waals surface area (Å²) in [5.41, 5.74) is 4.64. The molecule has 0 radical (unpaired) electrons. The molecule has 1 atom stereocenters. The van der Waals surface area contributed by atoms with Crippen LogP contribution in [0.1, 0.15) is 6.92 Å². The molecule has 1 fully saturated rings. The van der Waals surface area contributed by atoms with Crippen molar-refractivity contribution in [3.8, 4) is 11.5 Å². The summed E-state index contributed by atoms with van der Waals surface area (Å²) in [7, 11) is -3.32. The van der Waals surface area contributed by atoms with Crippen LogP contribution in [0.3, 0.4) is 0 Å². The molecular formula is C25H25N7O3S2. The minimum atomic E-state index is -3.32. The van der Waals surface area contributed by atoms with Gasteiger partial charge in [-0.1, -0.05) is 0 Å². The van der Waals surface area contributed by atoms with Gasteiger partial charge < -0.3 is 19.4 Å². The van der Waals surface area contributed by atoms with Gasteiger partial charge in [0.25, 0.3) is 0 Å². The largest absolute Gasteiger partial charge is 0.358 e. The topological polar surface area (TPSA) is 117 Å². The zero-order valence-electron chi connectivity index (χ0n) is 20.3. The maximum atomic E-state index is 13.2. The summed E-state index contributed by atoms with van der Waals surface area (Å²) in [6.45, 7) is 4.26. The Morgan fingerprint density at radius 3 is 2.86 bits per heavy atom. The third-order valence-electron chi connectivity index (χ3n) is 6.72. The van der Waals surface area contributed by atoms with Gasteiger partial charge in [0.05, 0.1) is 21.4 Å². The smallest absolute Gasteiger partial charge is 0.242 e. The predicted molar refractivity (Wildman–Crippen MR) is 143 cm³/mol. The van der Waals surface area contributed by atoms with Crippen LogP contribution >= 0.6 is 11.3 Å². The molecule has 0 saturated carbocycles. The van der Waals surface area contributed by atoms with E-state index >= 15 is 0 Å². The van der Waals surface area contributed by atoms with Gasteiger partial charge in [-0.3, -0.25) is 4.79 Å². The average molecular weight is 536 g/mol. The fourth-order valence-corrected chi connectivity index (χ4v) is 6.33. The zero-order chi connectivity index (χ0) is 25.7. The van der Waals surface area contributed by atoms with E-state index in [0.717, 1.165) is 27.2 Å². The van der Waals surface area contributed by atoms with Crippen LogP contribution in [0.25, 0.3) is 33.6 Å². The highest BCUT2D eigenvalue weighted by Crippen LogP contribution is 2.35. The molecule has 1 N–H and O–H groups in total. The summed E-state index contributed by atoms with van der Waals surface area (Å²) in [6.07, 6.45) is 4.83. The van der Waals surface area contributed by atoms with Crippen LogP contribution < -0.4 is 4.90 Å². The summed E-state index contributed by atoms with van der Waals surface area (Å²) in [5.74, 6) is 0.661. The van der Waals surface area contributed by atoms with E-state index in [1.807, 2.05) is 33.9 Å². The Kier molecular flexibility index (Phi) is 5.72. The minimum Gasteiger partial charge on any atom is -0.358 e. The summed E-state index contributed by atoms with van der Waals surface area (Å²) < 4.78 is 25.8. The molecule has 0 aliphatic carbocycles. The van der Waals surface area contributed by atoms with Gasteiger partial charge in [0, 0.05) is 49.7 Å². The molecule has 6 rings (SSSR count). The monoisotopic (exact) mass is 535 g/mol. The first-order valence-corrected chi connectivity index (χ1v) is 14.6. The van der Waals surface area contributed by atoms with Crippen molar-refractivity contribution in [1.29, 1.82) is 0 Å². The highest BCUT2D eigenvalue weighted by atomic mass is 32.2. The normalized spacial score (nSPS) is 16.6. The highest BCUT2D eigenvalue weighted by Gasteiger charge is 2.30. The molecule has 1 aliphatic heterocycles. The maximum absolute atomic E-state index is 13.2. The summed E-state index contributed by atoms with van der Waals surface area (Å²) in [4.78, 5) is 34.5. The van der Waals surface area contributed by atoms with Crippen LogP contribution in [0.15, 0.2) is 59.2 Å². The first kappa shape index (κ1) is 23.6. The van der Waals surface area contributed by atoms with Gasteiger partial charge in [-0.25, -0.2) is 23.4 Å². The number of hydrogen-bond acceptors (Lipinski definition) is 8. The Hall–Kier alpha value is -3.77. The van der Waals surface area contributed by atoms with Crippen molar-refractivity contribution >= 4 is 54.1 Å².